The fraction of sp³-hybridized carbons (Fsp3) is 0.344. The van der Waals surface area contributed by atoms with E-state index in [0.29, 0.717) is 29.1 Å². The van der Waals surface area contributed by atoms with Gasteiger partial charge in [0.25, 0.3) is 17.7 Å². The van der Waals surface area contributed by atoms with Crippen LogP contribution in [-0.4, -0.2) is 82.8 Å². The summed E-state index contributed by atoms with van der Waals surface area (Å²) in [5.41, 5.74) is 2.44. The summed E-state index contributed by atoms with van der Waals surface area (Å²) in [5.74, 6) is -2.97. The van der Waals surface area contributed by atoms with E-state index in [9.17, 15) is 23.9 Å². The number of hydrogen-bond donors (Lipinski definition) is 5. The highest BCUT2D eigenvalue weighted by Crippen LogP contribution is 2.36. The van der Waals surface area contributed by atoms with Crippen LogP contribution in [0.25, 0.3) is 16.7 Å². The maximum Gasteiger partial charge on any atom is 0.256 e. The molecule has 1 aliphatic rings. The van der Waals surface area contributed by atoms with Gasteiger partial charge in [-0.2, -0.15) is 0 Å². The standard InChI is InChI=1S/C32H37F2N5O5/c1-4-39(5-2)17-21(41)16-36-31(43)25-18-38(3)28(29(25)23-8-7-20(33)15-26(23)34)11-9-22-24-14-19(30(42)35-12-13-40)6-10-27(24)37-32(22)44/h6-10,14-15,18,21,40-41H,4-5,11-13,16-17H2,1-3H3,(H,35,42)(H,36,43)(H,37,44). The van der Waals surface area contributed by atoms with Crippen LogP contribution in [0.15, 0.2) is 48.7 Å². The van der Waals surface area contributed by atoms with Gasteiger partial charge in [-0.1, -0.05) is 19.9 Å². The molecule has 3 aromatic rings. The molecule has 0 saturated heterocycles. The number of benzene rings is 2. The van der Waals surface area contributed by atoms with E-state index < -0.39 is 35.5 Å². The molecule has 1 aliphatic heterocycles. The summed E-state index contributed by atoms with van der Waals surface area (Å²) in [4.78, 5) is 40.8. The van der Waals surface area contributed by atoms with Crippen molar-refractivity contribution in [3.05, 3.63) is 82.7 Å². The Morgan fingerprint density at radius 2 is 1.82 bits per heavy atom. The van der Waals surface area contributed by atoms with Crippen molar-refractivity contribution in [1.82, 2.24) is 20.1 Å². The van der Waals surface area contributed by atoms with Crippen LogP contribution in [0, 0.1) is 11.6 Å². The summed E-state index contributed by atoms with van der Waals surface area (Å²) in [6.07, 6.45) is 2.43. The molecule has 0 spiro atoms. The number of aliphatic hydroxyl groups is 2. The van der Waals surface area contributed by atoms with Gasteiger partial charge in [0.05, 0.1) is 18.3 Å². The van der Waals surface area contributed by atoms with Gasteiger partial charge in [0, 0.05) is 84.6 Å². The van der Waals surface area contributed by atoms with Crippen LogP contribution < -0.4 is 16.0 Å². The Hall–Kier alpha value is -4.39. The lowest BCUT2D eigenvalue weighted by molar-refractivity contribution is -0.110. The first-order valence-corrected chi connectivity index (χ1v) is 14.4. The van der Waals surface area contributed by atoms with Crippen LogP contribution in [0.1, 0.15) is 45.8 Å². The van der Waals surface area contributed by atoms with E-state index >= 15 is 4.39 Å². The predicted molar refractivity (Wildman–Crippen MR) is 163 cm³/mol. The van der Waals surface area contributed by atoms with E-state index in [4.69, 9.17) is 5.11 Å². The molecule has 2 heterocycles. The molecule has 0 radical (unpaired) electrons. The average molecular weight is 610 g/mol. The molecule has 1 aromatic heterocycles. The van der Waals surface area contributed by atoms with Gasteiger partial charge >= 0.3 is 0 Å². The summed E-state index contributed by atoms with van der Waals surface area (Å²) in [7, 11) is 1.68. The first-order valence-electron chi connectivity index (χ1n) is 14.4. The highest BCUT2D eigenvalue weighted by atomic mass is 19.1. The fourth-order valence-corrected chi connectivity index (χ4v) is 5.23. The highest BCUT2D eigenvalue weighted by molar-refractivity contribution is 6.31. The molecule has 10 nitrogen and oxygen atoms in total. The minimum absolute atomic E-state index is 0.00774. The van der Waals surface area contributed by atoms with Crippen molar-refractivity contribution >= 4 is 29.0 Å². The number of rotatable bonds is 13. The van der Waals surface area contributed by atoms with Crippen molar-refractivity contribution < 1.29 is 33.4 Å². The molecule has 5 N–H and O–H groups in total. The first-order chi connectivity index (χ1) is 21.1. The van der Waals surface area contributed by atoms with Gasteiger partial charge in [0.2, 0.25) is 0 Å². The van der Waals surface area contributed by atoms with Crippen LogP contribution in [0.2, 0.25) is 0 Å². The third-order valence-electron chi connectivity index (χ3n) is 7.57. The zero-order valence-corrected chi connectivity index (χ0v) is 24.9. The zero-order valence-electron chi connectivity index (χ0n) is 24.9. The fourth-order valence-electron chi connectivity index (χ4n) is 5.23. The third kappa shape index (κ3) is 7.21. The smallest absolute Gasteiger partial charge is 0.256 e. The summed E-state index contributed by atoms with van der Waals surface area (Å²) in [6, 6.07) is 7.85. The van der Waals surface area contributed by atoms with Crippen molar-refractivity contribution in [3.63, 3.8) is 0 Å². The second-order valence-electron chi connectivity index (χ2n) is 10.5. The maximum atomic E-state index is 15.2. The van der Waals surface area contributed by atoms with Crippen LogP contribution in [0.3, 0.4) is 0 Å². The number of allylic oxidation sites excluding steroid dienone is 1. The zero-order chi connectivity index (χ0) is 32.0. The molecular weight excluding hydrogens is 572 g/mol. The summed E-state index contributed by atoms with van der Waals surface area (Å²) < 4.78 is 30.6. The van der Waals surface area contributed by atoms with Gasteiger partial charge in [-0.3, -0.25) is 14.4 Å². The Balaban J connectivity index is 1.68. The van der Waals surface area contributed by atoms with E-state index in [1.807, 2.05) is 18.7 Å². The number of carbonyl (C=O) groups is 3. The average Bonchev–Trinajstić information content (AvgIpc) is 3.50. The van der Waals surface area contributed by atoms with Crippen LogP contribution >= 0.6 is 0 Å². The molecule has 0 aliphatic carbocycles. The van der Waals surface area contributed by atoms with E-state index in [0.717, 1.165) is 25.2 Å². The number of halogens is 2. The monoisotopic (exact) mass is 609 g/mol. The Bertz CT molecular complexity index is 1580. The number of aryl methyl sites for hydroxylation is 1. The number of amides is 3. The molecule has 3 amide bonds. The molecule has 0 bridgehead atoms. The normalized spacial score (nSPS) is 14.1. The van der Waals surface area contributed by atoms with Crippen molar-refractivity contribution in [2.45, 2.75) is 26.4 Å². The lowest BCUT2D eigenvalue weighted by Crippen LogP contribution is -2.40. The van der Waals surface area contributed by atoms with Crippen molar-refractivity contribution in [1.29, 1.82) is 0 Å². The molecular formula is C32H37F2N5O5. The Morgan fingerprint density at radius 1 is 1.07 bits per heavy atom. The lowest BCUT2D eigenvalue weighted by Gasteiger charge is -2.22. The van der Waals surface area contributed by atoms with E-state index in [1.54, 1.807) is 35.9 Å². The SMILES string of the molecule is CCN(CC)CC(O)CNC(=O)c1cn(C)c(CC=C2C(=O)Nc3ccc(C(=O)NCCO)cc32)c1-c1ccc(F)cc1F. The summed E-state index contributed by atoms with van der Waals surface area (Å²) >= 11 is 0. The molecule has 2 aromatic carbocycles. The summed E-state index contributed by atoms with van der Waals surface area (Å²) in [6.45, 7) is 5.64. The van der Waals surface area contributed by atoms with Crippen molar-refractivity contribution in [2.75, 3.05) is 44.6 Å². The Morgan fingerprint density at radius 3 is 2.50 bits per heavy atom. The number of nitrogens with zero attached hydrogens (tertiary/aromatic N) is 2. The Labute approximate surface area is 254 Å². The van der Waals surface area contributed by atoms with Crippen molar-refractivity contribution in [2.24, 2.45) is 7.05 Å². The minimum Gasteiger partial charge on any atom is -0.395 e. The molecule has 234 valence electrons. The first kappa shape index (κ1) is 32.5. The van der Waals surface area contributed by atoms with E-state index in [1.165, 1.54) is 12.3 Å². The predicted octanol–water partition coefficient (Wildman–Crippen LogP) is 2.70. The number of hydrogen-bond acceptors (Lipinski definition) is 6. The maximum absolute atomic E-state index is 15.2. The molecule has 44 heavy (non-hydrogen) atoms. The van der Waals surface area contributed by atoms with E-state index in [2.05, 4.69) is 16.0 Å². The summed E-state index contributed by atoms with van der Waals surface area (Å²) in [5, 5.41) is 27.5. The van der Waals surface area contributed by atoms with Crippen LogP contribution in [0.4, 0.5) is 14.5 Å². The largest absolute Gasteiger partial charge is 0.395 e. The van der Waals surface area contributed by atoms with E-state index in [-0.39, 0.29) is 48.4 Å². The van der Waals surface area contributed by atoms with Gasteiger partial charge in [-0.05, 0) is 43.4 Å². The number of anilines is 1. The van der Waals surface area contributed by atoms with Gasteiger partial charge in [-0.15, -0.1) is 0 Å². The number of aliphatic hydroxyl groups excluding tert-OH is 2. The van der Waals surface area contributed by atoms with Crippen LogP contribution in [-0.2, 0) is 18.3 Å². The molecule has 12 heteroatoms. The quantitative estimate of drug-likeness (QED) is 0.189. The number of nitrogens with one attached hydrogen (secondary N) is 3. The lowest BCUT2D eigenvalue weighted by atomic mass is 9.97. The van der Waals surface area contributed by atoms with Gasteiger partial charge in [0.1, 0.15) is 11.6 Å². The highest BCUT2D eigenvalue weighted by Gasteiger charge is 2.27. The second-order valence-corrected chi connectivity index (χ2v) is 10.5. The minimum atomic E-state index is -0.858. The number of aromatic nitrogens is 1. The molecule has 1 atom stereocenters. The third-order valence-corrected chi connectivity index (χ3v) is 7.57. The number of carbonyl (C=O) groups excluding carboxylic acids is 3. The molecule has 0 saturated carbocycles. The number of likely N-dealkylation sites (N-methyl/N-ethyl adjacent to an activating group) is 1. The van der Waals surface area contributed by atoms with Crippen LogP contribution in [0.5, 0.6) is 0 Å². The molecule has 0 fully saturated rings. The molecule has 4 rings (SSSR count). The van der Waals surface area contributed by atoms with Gasteiger partial charge < -0.3 is 35.6 Å². The second kappa shape index (κ2) is 14.4. The van der Waals surface area contributed by atoms with Gasteiger partial charge in [-0.25, -0.2) is 8.78 Å². The van der Waals surface area contributed by atoms with Gasteiger partial charge in [0.15, 0.2) is 0 Å². The number of fused-ring (bicyclic) bond motifs is 1. The van der Waals surface area contributed by atoms with Crippen molar-refractivity contribution in [3.8, 4) is 11.1 Å². The Kier molecular flexibility index (Phi) is 10.6. The topological polar surface area (TPSA) is 136 Å². The molecule has 1 unspecified atom stereocenters.